The molecule has 0 aliphatic rings. The summed E-state index contributed by atoms with van der Waals surface area (Å²) in [6, 6.07) is 7.34. The SMILES string of the molecule is CCCCCCCCCCCCCC(=O)NCC(=O)N/N=C/c1cccc(OC)c1. The smallest absolute Gasteiger partial charge is 0.259 e. The summed E-state index contributed by atoms with van der Waals surface area (Å²) >= 11 is 0. The van der Waals surface area contributed by atoms with Crippen molar-refractivity contribution in [3.05, 3.63) is 29.8 Å². The number of nitrogens with one attached hydrogen (secondary N) is 2. The number of hydrogen-bond acceptors (Lipinski definition) is 4. The second-order valence-corrected chi connectivity index (χ2v) is 7.63. The number of amides is 2. The summed E-state index contributed by atoms with van der Waals surface area (Å²) in [6.45, 7) is 2.18. The van der Waals surface area contributed by atoms with Crippen molar-refractivity contribution in [2.24, 2.45) is 5.10 Å². The minimum atomic E-state index is -0.346. The topological polar surface area (TPSA) is 79.8 Å². The molecule has 2 amide bonds. The first-order valence-corrected chi connectivity index (χ1v) is 11.4. The molecule has 0 spiro atoms. The number of carbonyl (C=O) groups is 2. The second kappa shape index (κ2) is 17.5. The molecule has 0 heterocycles. The first-order chi connectivity index (χ1) is 14.7. The Morgan fingerprint density at radius 1 is 0.933 bits per heavy atom. The molecule has 0 aliphatic carbocycles. The van der Waals surface area contributed by atoms with Gasteiger partial charge in [0.1, 0.15) is 5.75 Å². The van der Waals surface area contributed by atoms with Crippen LogP contribution in [0.4, 0.5) is 0 Å². The third-order valence-corrected chi connectivity index (χ3v) is 4.95. The lowest BCUT2D eigenvalue weighted by Crippen LogP contribution is -2.34. The predicted molar refractivity (Wildman–Crippen MR) is 123 cm³/mol. The number of ether oxygens (including phenoxy) is 1. The van der Waals surface area contributed by atoms with Crippen LogP contribution in [0.25, 0.3) is 0 Å². The minimum Gasteiger partial charge on any atom is -0.497 e. The number of rotatable bonds is 17. The standard InChI is InChI=1S/C24H39N3O3/c1-3-4-5-6-7-8-9-10-11-12-13-17-23(28)25-20-24(29)27-26-19-21-15-14-16-22(18-21)30-2/h14-16,18-19H,3-13,17,20H2,1-2H3,(H,25,28)(H,27,29)/b26-19+. The first kappa shape index (κ1) is 25.7. The Kier molecular flexibility index (Phi) is 15.0. The fourth-order valence-electron chi connectivity index (χ4n) is 3.16. The molecular formula is C24H39N3O3. The molecule has 0 aromatic heterocycles. The molecule has 1 aromatic rings. The van der Waals surface area contributed by atoms with Gasteiger partial charge in [-0.05, 0) is 24.1 Å². The molecule has 6 nitrogen and oxygen atoms in total. The number of nitrogens with zero attached hydrogens (tertiary/aromatic N) is 1. The molecule has 0 unspecified atom stereocenters. The molecule has 6 heteroatoms. The molecule has 0 fully saturated rings. The van der Waals surface area contributed by atoms with Gasteiger partial charge in [0.05, 0.1) is 19.9 Å². The van der Waals surface area contributed by atoms with Gasteiger partial charge in [-0.3, -0.25) is 9.59 Å². The molecule has 0 aliphatic heterocycles. The van der Waals surface area contributed by atoms with Crippen LogP contribution in [0.2, 0.25) is 0 Å². The van der Waals surface area contributed by atoms with E-state index in [1.165, 1.54) is 64.0 Å². The van der Waals surface area contributed by atoms with Crippen LogP contribution in [0.1, 0.15) is 89.5 Å². The van der Waals surface area contributed by atoms with E-state index in [0.29, 0.717) is 6.42 Å². The van der Waals surface area contributed by atoms with E-state index in [4.69, 9.17) is 4.74 Å². The van der Waals surface area contributed by atoms with Gasteiger partial charge in [0.25, 0.3) is 5.91 Å². The second-order valence-electron chi connectivity index (χ2n) is 7.63. The molecular weight excluding hydrogens is 378 g/mol. The monoisotopic (exact) mass is 417 g/mol. The maximum Gasteiger partial charge on any atom is 0.259 e. The van der Waals surface area contributed by atoms with Crippen LogP contribution in [0, 0.1) is 0 Å². The fourth-order valence-corrected chi connectivity index (χ4v) is 3.16. The average molecular weight is 418 g/mol. The lowest BCUT2D eigenvalue weighted by atomic mass is 10.1. The van der Waals surface area contributed by atoms with Crippen molar-refractivity contribution in [3.63, 3.8) is 0 Å². The van der Waals surface area contributed by atoms with E-state index in [1.54, 1.807) is 7.11 Å². The van der Waals surface area contributed by atoms with Crippen molar-refractivity contribution >= 4 is 18.0 Å². The molecule has 30 heavy (non-hydrogen) atoms. The molecule has 0 radical (unpaired) electrons. The van der Waals surface area contributed by atoms with Crippen LogP contribution in [-0.4, -0.2) is 31.7 Å². The Morgan fingerprint density at radius 2 is 1.57 bits per heavy atom. The highest BCUT2D eigenvalue weighted by Gasteiger charge is 2.04. The molecule has 0 saturated heterocycles. The lowest BCUT2D eigenvalue weighted by Gasteiger charge is -2.05. The van der Waals surface area contributed by atoms with Crippen molar-refractivity contribution in [2.45, 2.75) is 84.0 Å². The Bertz CT molecular complexity index is 632. The summed E-state index contributed by atoms with van der Waals surface area (Å²) in [7, 11) is 1.59. The molecule has 168 valence electrons. The number of hydrazone groups is 1. The highest BCUT2D eigenvalue weighted by molar-refractivity contribution is 5.86. The van der Waals surface area contributed by atoms with E-state index >= 15 is 0 Å². The van der Waals surface area contributed by atoms with E-state index in [-0.39, 0.29) is 18.4 Å². The summed E-state index contributed by atoms with van der Waals surface area (Å²) in [6.07, 6.45) is 15.8. The van der Waals surface area contributed by atoms with Gasteiger partial charge in [-0.1, -0.05) is 83.3 Å². The Balaban J connectivity index is 1.99. The molecule has 0 saturated carbocycles. The first-order valence-electron chi connectivity index (χ1n) is 11.4. The van der Waals surface area contributed by atoms with E-state index in [1.807, 2.05) is 24.3 Å². The summed E-state index contributed by atoms with van der Waals surface area (Å²) in [4.78, 5) is 23.6. The zero-order valence-corrected chi connectivity index (χ0v) is 18.8. The summed E-state index contributed by atoms with van der Waals surface area (Å²) in [5, 5.41) is 6.54. The lowest BCUT2D eigenvalue weighted by molar-refractivity contribution is -0.126. The van der Waals surface area contributed by atoms with Gasteiger partial charge in [0, 0.05) is 6.42 Å². The van der Waals surface area contributed by atoms with Crippen molar-refractivity contribution in [1.29, 1.82) is 0 Å². The van der Waals surface area contributed by atoms with Crippen molar-refractivity contribution in [3.8, 4) is 5.75 Å². The molecule has 1 rings (SSSR count). The maximum absolute atomic E-state index is 11.8. The fraction of sp³-hybridized carbons (Fsp3) is 0.625. The average Bonchev–Trinajstić information content (AvgIpc) is 2.76. The number of unbranched alkanes of at least 4 members (excludes halogenated alkanes) is 10. The quantitative estimate of drug-likeness (QED) is 0.213. The summed E-state index contributed by atoms with van der Waals surface area (Å²) < 4.78 is 5.13. The van der Waals surface area contributed by atoms with Crippen molar-refractivity contribution < 1.29 is 14.3 Å². The zero-order valence-electron chi connectivity index (χ0n) is 18.8. The maximum atomic E-state index is 11.8. The van der Waals surface area contributed by atoms with Crippen LogP contribution in [-0.2, 0) is 9.59 Å². The number of benzene rings is 1. The van der Waals surface area contributed by atoms with Gasteiger partial charge in [-0.25, -0.2) is 5.43 Å². The number of carbonyl (C=O) groups excluding carboxylic acids is 2. The zero-order chi connectivity index (χ0) is 21.9. The molecule has 1 aromatic carbocycles. The third-order valence-electron chi connectivity index (χ3n) is 4.95. The third kappa shape index (κ3) is 13.7. The van der Waals surface area contributed by atoms with Crippen LogP contribution in [0.3, 0.4) is 0 Å². The Morgan fingerprint density at radius 3 is 2.20 bits per heavy atom. The Labute approximate surface area is 181 Å². The number of hydrogen-bond donors (Lipinski definition) is 2. The molecule has 0 bridgehead atoms. The van der Waals surface area contributed by atoms with Crippen LogP contribution < -0.4 is 15.5 Å². The van der Waals surface area contributed by atoms with E-state index in [2.05, 4.69) is 22.8 Å². The highest BCUT2D eigenvalue weighted by Crippen LogP contribution is 2.12. The molecule has 2 N–H and O–H groups in total. The normalized spacial score (nSPS) is 10.9. The predicted octanol–water partition coefficient (Wildman–Crippen LogP) is 4.96. The van der Waals surface area contributed by atoms with Crippen LogP contribution in [0.15, 0.2) is 29.4 Å². The van der Waals surface area contributed by atoms with Crippen LogP contribution in [0.5, 0.6) is 5.75 Å². The van der Waals surface area contributed by atoms with Gasteiger partial charge in [-0.15, -0.1) is 0 Å². The van der Waals surface area contributed by atoms with Crippen molar-refractivity contribution in [2.75, 3.05) is 13.7 Å². The summed E-state index contributed by atoms with van der Waals surface area (Å²) in [5.74, 6) is 0.291. The van der Waals surface area contributed by atoms with E-state index < -0.39 is 0 Å². The van der Waals surface area contributed by atoms with E-state index in [9.17, 15) is 9.59 Å². The highest BCUT2D eigenvalue weighted by atomic mass is 16.5. The largest absolute Gasteiger partial charge is 0.497 e. The Hall–Kier alpha value is -2.37. The molecule has 0 atom stereocenters. The number of methoxy groups -OCH3 is 1. The summed E-state index contributed by atoms with van der Waals surface area (Å²) in [5.41, 5.74) is 3.23. The van der Waals surface area contributed by atoms with Gasteiger partial charge >= 0.3 is 0 Å². The van der Waals surface area contributed by atoms with Gasteiger partial charge < -0.3 is 10.1 Å². The van der Waals surface area contributed by atoms with E-state index in [0.717, 1.165) is 24.2 Å². The van der Waals surface area contributed by atoms with Crippen molar-refractivity contribution in [1.82, 2.24) is 10.7 Å². The minimum absolute atomic E-state index is 0.0632. The van der Waals surface area contributed by atoms with Gasteiger partial charge in [-0.2, -0.15) is 5.10 Å². The van der Waals surface area contributed by atoms with Crippen LogP contribution >= 0.6 is 0 Å². The van der Waals surface area contributed by atoms with Gasteiger partial charge in [0.15, 0.2) is 0 Å². The van der Waals surface area contributed by atoms with Gasteiger partial charge in [0.2, 0.25) is 5.91 Å².